The van der Waals surface area contributed by atoms with Crippen LogP contribution in [0.3, 0.4) is 0 Å². The van der Waals surface area contributed by atoms with Crippen molar-refractivity contribution in [2.75, 3.05) is 26.2 Å². The summed E-state index contributed by atoms with van der Waals surface area (Å²) < 4.78 is 5.83. The molecular formula is C24H30N2O3. The summed E-state index contributed by atoms with van der Waals surface area (Å²) in [5.41, 5.74) is 9.26. The second-order valence-corrected chi connectivity index (χ2v) is 7.68. The fourth-order valence-corrected chi connectivity index (χ4v) is 3.64. The fourth-order valence-electron chi connectivity index (χ4n) is 3.64. The van der Waals surface area contributed by atoms with Gasteiger partial charge in [-0.3, -0.25) is 9.59 Å². The monoisotopic (exact) mass is 394 g/mol. The van der Waals surface area contributed by atoms with Gasteiger partial charge in [0.05, 0.1) is 11.7 Å². The molecule has 0 saturated carbocycles. The molecule has 1 aliphatic rings. The minimum Gasteiger partial charge on any atom is -0.378 e. The number of aryl methyl sites for hydroxylation is 2. The van der Waals surface area contributed by atoms with Crippen molar-refractivity contribution in [3.63, 3.8) is 0 Å². The molecular weight excluding hydrogens is 364 g/mol. The number of ketones is 1. The van der Waals surface area contributed by atoms with Crippen LogP contribution >= 0.6 is 0 Å². The molecule has 0 spiro atoms. The molecule has 0 atom stereocenters. The first kappa shape index (κ1) is 21.2. The molecule has 2 aromatic rings. The van der Waals surface area contributed by atoms with E-state index in [9.17, 15) is 9.59 Å². The van der Waals surface area contributed by atoms with E-state index in [-0.39, 0.29) is 17.8 Å². The SMILES string of the molecule is Cc1ccc(C(=O)c2ccccc2C(=O)N2CCC(OCCCN)CC2)cc1C. The lowest BCUT2D eigenvalue weighted by molar-refractivity contribution is 0.00840. The van der Waals surface area contributed by atoms with Gasteiger partial charge in [0.2, 0.25) is 0 Å². The number of benzene rings is 2. The molecule has 0 aromatic heterocycles. The summed E-state index contributed by atoms with van der Waals surface area (Å²) in [5, 5.41) is 0. The number of rotatable bonds is 7. The summed E-state index contributed by atoms with van der Waals surface area (Å²) in [5.74, 6) is -0.199. The number of nitrogens with zero attached hydrogens (tertiary/aromatic N) is 1. The van der Waals surface area contributed by atoms with E-state index in [4.69, 9.17) is 10.5 Å². The van der Waals surface area contributed by atoms with Gasteiger partial charge in [0.15, 0.2) is 5.78 Å². The quantitative estimate of drug-likeness (QED) is 0.576. The van der Waals surface area contributed by atoms with Crippen molar-refractivity contribution in [3.05, 3.63) is 70.3 Å². The summed E-state index contributed by atoms with van der Waals surface area (Å²) in [6.07, 6.45) is 2.65. The fraction of sp³-hybridized carbons (Fsp3) is 0.417. The van der Waals surface area contributed by atoms with E-state index in [1.54, 1.807) is 12.1 Å². The molecule has 2 N–H and O–H groups in total. The largest absolute Gasteiger partial charge is 0.378 e. The van der Waals surface area contributed by atoms with Crippen molar-refractivity contribution in [2.45, 2.75) is 39.2 Å². The number of piperidine rings is 1. The predicted octanol–water partition coefficient (Wildman–Crippen LogP) is 3.50. The molecule has 154 valence electrons. The number of hydrogen-bond donors (Lipinski definition) is 1. The summed E-state index contributed by atoms with van der Waals surface area (Å²) in [6, 6.07) is 12.8. The Kier molecular flexibility index (Phi) is 7.18. The summed E-state index contributed by atoms with van der Waals surface area (Å²) in [6.45, 7) is 6.58. The zero-order valence-corrected chi connectivity index (χ0v) is 17.3. The van der Waals surface area contributed by atoms with Crippen LogP contribution in [0.2, 0.25) is 0 Å². The number of hydrogen-bond acceptors (Lipinski definition) is 4. The molecule has 1 saturated heterocycles. The van der Waals surface area contributed by atoms with Crippen LogP contribution in [0.15, 0.2) is 42.5 Å². The lowest BCUT2D eigenvalue weighted by Crippen LogP contribution is -2.41. The van der Waals surface area contributed by atoms with Gasteiger partial charge in [-0.05, 0) is 62.9 Å². The second-order valence-electron chi connectivity index (χ2n) is 7.68. The Hall–Kier alpha value is -2.50. The Morgan fingerprint density at radius 2 is 1.72 bits per heavy atom. The number of carbonyl (C=O) groups excluding carboxylic acids is 2. The summed E-state index contributed by atoms with van der Waals surface area (Å²) in [4.78, 5) is 28.1. The molecule has 0 unspecified atom stereocenters. The average Bonchev–Trinajstić information content (AvgIpc) is 2.75. The highest BCUT2D eigenvalue weighted by Gasteiger charge is 2.27. The molecule has 5 nitrogen and oxygen atoms in total. The zero-order valence-electron chi connectivity index (χ0n) is 17.3. The highest BCUT2D eigenvalue weighted by Crippen LogP contribution is 2.21. The van der Waals surface area contributed by atoms with E-state index < -0.39 is 0 Å². The number of amides is 1. The topological polar surface area (TPSA) is 72.6 Å². The Bertz CT molecular complexity index is 870. The molecule has 3 rings (SSSR count). The predicted molar refractivity (Wildman–Crippen MR) is 114 cm³/mol. The maximum Gasteiger partial charge on any atom is 0.254 e. The van der Waals surface area contributed by atoms with Crippen molar-refractivity contribution in [1.29, 1.82) is 0 Å². The first-order valence-electron chi connectivity index (χ1n) is 10.3. The van der Waals surface area contributed by atoms with Crippen LogP contribution in [-0.4, -0.2) is 48.9 Å². The summed E-state index contributed by atoms with van der Waals surface area (Å²) >= 11 is 0. The van der Waals surface area contributed by atoms with E-state index in [1.165, 1.54) is 0 Å². The third-order valence-electron chi connectivity index (χ3n) is 5.60. The molecule has 29 heavy (non-hydrogen) atoms. The standard InChI is InChI=1S/C24H30N2O3/c1-17-8-9-19(16-18(17)2)23(27)21-6-3-4-7-22(21)24(28)26-13-10-20(11-14-26)29-15-5-12-25/h3-4,6-9,16,20H,5,10-15,25H2,1-2H3. The van der Waals surface area contributed by atoms with Crippen molar-refractivity contribution in [1.82, 2.24) is 4.90 Å². The molecule has 1 aliphatic heterocycles. The summed E-state index contributed by atoms with van der Waals surface area (Å²) in [7, 11) is 0. The molecule has 0 aliphatic carbocycles. The van der Waals surface area contributed by atoms with E-state index in [2.05, 4.69) is 0 Å². The molecule has 1 fully saturated rings. The molecule has 2 aromatic carbocycles. The highest BCUT2D eigenvalue weighted by molar-refractivity contribution is 6.15. The lowest BCUT2D eigenvalue weighted by Gasteiger charge is -2.32. The molecule has 0 bridgehead atoms. The third kappa shape index (κ3) is 5.11. The van der Waals surface area contributed by atoms with E-state index >= 15 is 0 Å². The molecule has 1 heterocycles. The van der Waals surface area contributed by atoms with E-state index in [0.717, 1.165) is 30.4 Å². The average molecular weight is 395 g/mol. The van der Waals surface area contributed by atoms with Crippen LogP contribution in [0, 0.1) is 13.8 Å². The first-order valence-corrected chi connectivity index (χ1v) is 10.3. The van der Waals surface area contributed by atoms with Crippen LogP contribution in [0.25, 0.3) is 0 Å². The Labute approximate surface area is 172 Å². The Morgan fingerprint density at radius 3 is 2.38 bits per heavy atom. The normalized spacial score (nSPS) is 14.8. The van der Waals surface area contributed by atoms with Crippen molar-refractivity contribution in [3.8, 4) is 0 Å². The lowest BCUT2D eigenvalue weighted by atomic mass is 9.95. The van der Waals surface area contributed by atoms with E-state index in [1.807, 2.05) is 49.1 Å². The third-order valence-corrected chi connectivity index (χ3v) is 5.60. The van der Waals surface area contributed by atoms with Gasteiger partial charge in [0, 0.05) is 30.8 Å². The first-order chi connectivity index (χ1) is 14.0. The van der Waals surface area contributed by atoms with E-state index in [0.29, 0.717) is 42.9 Å². The molecule has 5 heteroatoms. The van der Waals surface area contributed by atoms with Crippen LogP contribution in [0.1, 0.15) is 56.7 Å². The van der Waals surface area contributed by atoms with Gasteiger partial charge in [-0.25, -0.2) is 0 Å². The van der Waals surface area contributed by atoms with Gasteiger partial charge in [-0.1, -0.05) is 30.3 Å². The van der Waals surface area contributed by atoms with Gasteiger partial charge in [-0.15, -0.1) is 0 Å². The zero-order chi connectivity index (χ0) is 20.8. The second kappa shape index (κ2) is 9.81. The minimum absolute atomic E-state index is 0.0850. The van der Waals surface area contributed by atoms with Crippen LogP contribution < -0.4 is 5.73 Å². The number of ether oxygens (including phenoxy) is 1. The maximum absolute atomic E-state index is 13.2. The minimum atomic E-state index is -0.114. The highest BCUT2D eigenvalue weighted by atomic mass is 16.5. The molecule has 1 amide bonds. The maximum atomic E-state index is 13.2. The Balaban J connectivity index is 1.72. The number of nitrogens with two attached hydrogens (primary N) is 1. The van der Waals surface area contributed by atoms with Crippen molar-refractivity contribution < 1.29 is 14.3 Å². The van der Waals surface area contributed by atoms with Crippen LogP contribution in [0.4, 0.5) is 0 Å². The van der Waals surface area contributed by atoms with Gasteiger partial charge < -0.3 is 15.4 Å². The number of carbonyl (C=O) groups is 2. The van der Waals surface area contributed by atoms with Gasteiger partial charge in [-0.2, -0.15) is 0 Å². The van der Waals surface area contributed by atoms with Crippen LogP contribution in [0.5, 0.6) is 0 Å². The number of likely N-dealkylation sites (tertiary alicyclic amines) is 1. The van der Waals surface area contributed by atoms with Crippen molar-refractivity contribution in [2.24, 2.45) is 5.73 Å². The van der Waals surface area contributed by atoms with Crippen molar-refractivity contribution >= 4 is 11.7 Å². The van der Waals surface area contributed by atoms with Gasteiger partial charge in [0.25, 0.3) is 5.91 Å². The molecule has 0 radical (unpaired) electrons. The van der Waals surface area contributed by atoms with Gasteiger partial charge >= 0.3 is 0 Å². The Morgan fingerprint density at radius 1 is 1.03 bits per heavy atom. The van der Waals surface area contributed by atoms with Gasteiger partial charge in [0.1, 0.15) is 0 Å². The smallest absolute Gasteiger partial charge is 0.254 e. The van der Waals surface area contributed by atoms with Crippen LogP contribution in [-0.2, 0) is 4.74 Å².